The Morgan fingerprint density at radius 2 is 1.96 bits per heavy atom. The van der Waals surface area contributed by atoms with Gasteiger partial charge in [0.05, 0.1) is 55.7 Å². The van der Waals surface area contributed by atoms with Crippen molar-refractivity contribution in [1.82, 2.24) is 15.0 Å². The summed E-state index contributed by atoms with van der Waals surface area (Å²) in [5.41, 5.74) is 4.60. The molecule has 0 radical (unpaired) electrons. The van der Waals surface area contributed by atoms with E-state index >= 15 is 0 Å². The van der Waals surface area contributed by atoms with Crippen LogP contribution in [-0.2, 0) is 17.8 Å². The molecule has 0 saturated carbocycles. The van der Waals surface area contributed by atoms with Crippen LogP contribution in [0, 0.1) is 6.92 Å². The van der Waals surface area contributed by atoms with Crippen LogP contribution in [0.3, 0.4) is 0 Å². The lowest BCUT2D eigenvalue weighted by Gasteiger charge is -2.32. The van der Waals surface area contributed by atoms with E-state index in [0.717, 1.165) is 54.5 Å². The average molecular weight is 385 g/mol. The molecule has 0 unspecified atom stereocenters. The van der Waals surface area contributed by atoms with Crippen LogP contribution in [0.5, 0.6) is 0 Å². The molecule has 1 saturated heterocycles. The maximum Gasteiger partial charge on any atom is 0.150 e. The highest BCUT2D eigenvalue weighted by Crippen LogP contribution is 2.42. The van der Waals surface area contributed by atoms with Crippen molar-refractivity contribution in [3.05, 3.63) is 23.1 Å². The van der Waals surface area contributed by atoms with Gasteiger partial charge < -0.3 is 14.5 Å². The van der Waals surface area contributed by atoms with Gasteiger partial charge in [0.25, 0.3) is 0 Å². The van der Waals surface area contributed by atoms with Crippen LogP contribution in [0.15, 0.2) is 6.33 Å². The van der Waals surface area contributed by atoms with Gasteiger partial charge in [0, 0.05) is 23.1 Å². The summed E-state index contributed by atoms with van der Waals surface area (Å²) in [6, 6.07) is 0. The zero-order chi connectivity index (χ0) is 18.8. The van der Waals surface area contributed by atoms with E-state index in [1.165, 1.54) is 21.2 Å². The van der Waals surface area contributed by atoms with Gasteiger partial charge in [-0.2, -0.15) is 0 Å². The smallest absolute Gasteiger partial charge is 0.150 e. The van der Waals surface area contributed by atoms with Crippen LogP contribution in [0.4, 0.5) is 5.82 Å². The molecule has 0 amide bonds. The number of likely N-dealkylation sites (N-methyl/N-ethyl adjacent to an activating group) is 1. The number of pyridine rings is 1. The molecular weight excluding hydrogens is 358 g/mol. The molecule has 0 spiro atoms. The van der Waals surface area contributed by atoms with Gasteiger partial charge in [-0.05, 0) is 26.3 Å². The van der Waals surface area contributed by atoms with Crippen LogP contribution < -0.4 is 9.80 Å². The van der Waals surface area contributed by atoms with Crippen LogP contribution in [0.2, 0.25) is 0 Å². The second-order valence-corrected chi connectivity index (χ2v) is 9.48. The average Bonchev–Trinajstić information content (AvgIpc) is 3.00. The summed E-state index contributed by atoms with van der Waals surface area (Å²) < 4.78 is 7.24. The Balaban J connectivity index is 1.73. The van der Waals surface area contributed by atoms with Gasteiger partial charge in [0.2, 0.25) is 0 Å². The van der Waals surface area contributed by atoms with Crippen molar-refractivity contribution in [3.8, 4) is 0 Å². The monoisotopic (exact) mass is 384 g/mol. The summed E-state index contributed by atoms with van der Waals surface area (Å²) in [6.07, 6.45) is 2.62. The first kappa shape index (κ1) is 17.3. The highest BCUT2D eigenvalue weighted by Gasteiger charge is 2.31. The number of anilines is 1. The normalized spacial score (nSPS) is 20.4. The molecule has 1 N–H and O–H groups in total. The summed E-state index contributed by atoms with van der Waals surface area (Å²) in [5.74, 6) is 1.08. The van der Waals surface area contributed by atoms with Crippen molar-refractivity contribution in [1.29, 1.82) is 0 Å². The second-order valence-electron chi connectivity index (χ2n) is 8.48. The number of ether oxygens (including phenoxy) is 1. The first-order valence-electron chi connectivity index (χ1n) is 9.69. The van der Waals surface area contributed by atoms with Crippen LogP contribution >= 0.6 is 11.3 Å². The topological polar surface area (TPSA) is 55.6 Å². The van der Waals surface area contributed by atoms with Crippen molar-refractivity contribution < 1.29 is 9.64 Å². The summed E-state index contributed by atoms with van der Waals surface area (Å²) in [5, 5.41) is 1.22. The van der Waals surface area contributed by atoms with Crippen molar-refractivity contribution in [2.24, 2.45) is 0 Å². The summed E-state index contributed by atoms with van der Waals surface area (Å²) in [7, 11) is 2.26. The van der Waals surface area contributed by atoms with Gasteiger partial charge in [0.15, 0.2) is 5.82 Å². The van der Waals surface area contributed by atoms with Gasteiger partial charge in [-0.15, -0.1) is 11.3 Å². The maximum atomic E-state index is 6.06. The number of piperazine rings is 1. The highest BCUT2D eigenvalue weighted by atomic mass is 32.1. The predicted molar refractivity (Wildman–Crippen MR) is 109 cm³/mol. The first-order valence-corrected chi connectivity index (χ1v) is 10.5. The molecule has 0 atom stereocenters. The fourth-order valence-corrected chi connectivity index (χ4v) is 5.50. The lowest BCUT2D eigenvalue weighted by molar-refractivity contribution is -0.880. The van der Waals surface area contributed by atoms with E-state index < -0.39 is 0 Å². The zero-order valence-corrected chi connectivity index (χ0v) is 17.2. The minimum atomic E-state index is -0.155. The lowest BCUT2D eigenvalue weighted by Crippen LogP contribution is -3.12. The molecule has 27 heavy (non-hydrogen) atoms. The number of nitrogens with one attached hydrogen (secondary N) is 1. The molecule has 6 nitrogen and oxygen atoms in total. The Kier molecular flexibility index (Phi) is 3.90. The summed E-state index contributed by atoms with van der Waals surface area (Å²) >= 11 is 1.74. The molecule has 0 aliphatic carbocycles. The lowest BCUT2D eigenvalue weighted by atomic mass is 9.89. The van der Waals surface area contributed by atoms with E-state index in [1.54, 1.807) is 22.6 Å². The molecule has 3 aromatic rings. The molecule has 142 valence electrons. The Morgan fingerprint density at radius 1 is 1.19 bits per heavy atom. The zero-order valence-electron chi connectivity index (χ0n) is 16.4. The van der Waals surface area contributed by atoms with Crippen molar-refractivity contribution in [2.45, 2.75) is 39.4 Å². The number of aromatic nitrogens is 3. The standard InChI is InChI=1S/C20H25N5OS/c1-12-14-10-26-20(2,3)9-13(14)15-16-17(27-19(15)23-12)18(22-11-21-16)25-7-5-24(4)6-8-25/h11H,5-10H2,1-4H3/p+1. The number of nitrogens with zero attached hydrogens (tertiary/aromatic N) is 4. The number of aryl methyl sites for hydroxylation is 1. The minimum absolute atomic E-state index is 0.155. The number of fused-ring (bicyclic) bond motifs is 5. The third kappa shape index (κ3) is 2.80. The molecular formula is C20H26N5OS+. The summed E-state index contributed by atoms with van der Waals surface area (Å²) in [4.78, 5) is 19.4. The van der Waals surface area contributed by atoms with E-state index in [-0.39, 0.29) is 5.60 Å². The van der Waals surface area contributed by atoms with E-state index in [9.17, 15) is 0 Å². The fraction of sp³-hybridized carbons (Fsp3) is 0.550. The molecule has 5 heterocycles. The van der Waals surface area contributed by atoms with E-state index in [4.69, 9.17) is 14.7 Å². The Hall–Kier alpha value is -1.83. The van der Waals surface area contributed by atoms with Gasteiger partial charge in [0.1, 0.15) is 11.2 Å². The number of hydrogen-bond acceptors (Lipinski definition) is 6. The third-order valence-electron chi connectivity index (χ3n) is 5.93. The van der Waals surface area contributed by atoms with Crippen LogP contribution in [0.25, 0.3) is 20.4 Å². The largest absolute Gasteiger partial charge is 0.370 e. The van der Waals surface area contributed by atoms with E-state index in [1.807, 2.05) is 0 Å². The number of quaternary nitrogens is 1. The predicted octanol–water partition coefficient (Wildman–Crippen LogP) is 1.73. The fourth-order valence-electron chi connectivity index (χ4n) is 4.28. The second kappa shape index (κ2) is 6.09. The Bertz CT molecular complexity index is 1040. The number of rotatable bonds is 1. The molecule has 2 aliphatic rings. The minimum Gasteiger partial charge on any atom is -0.370 e. The number of hydrogen-bond donors (Lipinski definition) is 1. The van der Waals surface area contributed by atoms with Gasteiger partial charge >= 0.3 is 0 Å². The van der Waals surface area contributed by atoms with Crippen LogP contribution in [0.1, 0.15) is 30.7 Å². The van der Waals surface area contributed by atoms with Gasteiger partial charge in [-0.3, -0.25) is 0 Å². The highest BCUT2D eigenvalue weighted by molar-refractivity contribution is 7.26. The Morgan fingerprint density at radius 3 is 2.74 bits per heavy atom. The molecule has 5 rings (SSSR count). The maximum absolute atomic E-state index is 6.06. The molecule has 1 fully saturated rings. The Labute approximate surface area is 163 Å². The van der Waals surface area contributed by atoms with Crippen LogP contribution in [-0.4, -0.2) is 53.8 Å². The molecule has 7 heteroatoms. The molecule has 3 aromatic heterocycles. The SMILES string of the molecule is Cc1nc2sc3c(N4CC[NH+](C)CC4)ncnc3c2c2c1COC(C)(C)C2. The number of thiophene rings is 1. The van der Waals surface area contributed by atoms with E-state index in [2.05, 4.69) is 37.7 Å². The quantitative estimate of drug-likeness (QED) is 0.693. The van der Waals surface area contributed by atoms with Crippen molar-refractivity contribution >= 4 is 37.6 Å². The molecule has 2 aliphatic heterocycles. The van der Waals surface area contributed by atoms with E-state index in [0.29, 0.717) is 6.61 Å². The van der Waals surface area contributed by atoms with Gasteiger partial charge in [-0.1, -0.05) is 0 Å². The molecule has 0 bridgehead atoms. The third-order valence-corrected chi connectivity index (χ3v) is 7.00. The first-order chi connectivity index (χ1) is 12.9. The molecule has 0 aromatic carbocycles. The summed E-state index contributed by atoms with van der Waals surface area (Å²) in [6.45, 7) is 11.4. The van der Waals surface area contributed by atoms with Gasteiger partial charge in [-0.25, -0.2) is 15.0 Å². The van der Waals surface area contributed by atoms with Crippen molar-refractivity contribution in [3.63, 3.8) is 0 Å². The van der Waals surface area contributed by atoms with Crippen molar-refractivity contribution in [2.75, 3.05) is 38.1 Å².